The first kappa shape index (κ1) is 16.0. The Morgan fingerprint density at radius 3 is 2.78 bits per heavy atom. The van der Waals surface area contributed by atoms with E-state index >= 15 is 0 Å². The molecule has 7 heteroatoms. The third-order valence-corrected chi connectivity index (χ3v) is 5.84. The van der Waals surface area contributed by atoms with Crippen molar-refractivity contribution in [3.8, 4) is 0 Å². The van der Waals surface area contributed by atoms with E-state index < -0.39 is 10.0 Å². The highest BCUT2D eigenvalue weighted by molar-refractivity contribution is 7.92. The van der Waals surface area contributed by atoms with Crippen LogP contribution in [0.1, 0.15) is 21.5 Å². The van der Waals surface area contributed by atoms with E-state index in [-0.39, 0.29) is 5.91 Å². The number of fused-ring (bicyclic) bond motifs is 1. The molecule has 23 heavy (non-hydrogen) atoms. The van der Waals surface area contributed by atoms with Crippen molar-refractivity contribution >= 4 is 33.0 Å². The number of carbonyl (C=O) groups is 1. The molecule has 0 bridgehead atoms. The lowest BCUT2D eigenvalue weighted by Crippen LogP contribution is -2.27. The summed E-state index contributed by atoms with van der Waals surface area (Å²) in [4.78, 5) is 14.2. The summed E-state index contributed by atoms with van der Waals surface area (Å²) in [6, 6.07) is 7.25. The molecule has 2 aromatic rings. The maximum Gasteiger partial charge on any atom is 0.253 e. The van der Waals surface area contributed by atoms with E-state index in [1.54, 1.807) is 35.4 Å². The summed E-state index contributed by atoms with van der Waals surface area (Å²) < 4.78 is 24.9. The average Bonchev–Trinajstić information content (AvgIpc) is 3.13. The van der Waals surface area contributed by atoms with Gasteiger partial charge in [-0.3, -0.25) is 9.10 Å². The topological polar surface area (TPSA) is 57.7 Å². The Morgan fingerprint density at radius 1 is 1.35 bits per heavy atom. The molecule has 122 valence electrons. The van der Waals surface area contributed by atoms with E-state index in [1.807, 2.05) is 22.9 Å². The first-order chi connectivity index (χ1) is 10.9. The molecule has 5 nitrogen and oxygen atoms in total. The van der Waals surface area contributed by atoms with E-state index in [0.717, 1.165) is 11.1 Å². The van der Waals surface area contributed by atoms with Gasteiger partial charge in [-0.15, -0.1) is 0 Å². The lowest BCUT2D eigenvalue weighted by molar-refractivity contribution is 0.0785. The first-order valence-electron chi connectivity index (χ1n) is 7.23. The lowest BCUT2D eigenvalue weighted by Gasteiger charge is -2.18. The van der Waals surface area contributed by atoms with Crippen LogP contribution in [0.2, 0.25) is 0 Å². The molecule has 2 heterocycles. The van der Waals surface area contributed by atoms with Crippen LogP contribution in [0.5, 0.6) is 0 Å². The van der Waals surface area contributed by atoms with Gasteiger partial charge in [0.1, 0.15) is 0 Å². The van der Waals surface area contributed by atoms with Crippen LogP contribution in [-0.2, 0) is 23.0 Å². The van der Waals surface area contributed by atoms with Gasteiger partial charge in [0, 0.05) is 25.7 Å². The maximum absolute atomic E-state index is 12.5. The number of benzene rings is 1. The van der Waals surface area contributed by atoms with Crippen LogP contribution in [0, 0.1) is 0 Å². The van der Waals surface area contributed by atoms with Crippen molar-refractivity contribution in [1.82, 2.24) is 4.90 Å². The number of anilines is 1. The molecule has 0 saturated carbocycles. The fourth-order valence-electron chi connectivity index (χ4n) is 2.80. The van der Waals surface area contributed by atoms with Gasteiger partial charge < -0.3 is 4.90 Å². The standard InChI is InChI=1S/C16H18N2O3S2/c1-17(10-12-6-8-22-11-12)16(19)14-3-4-15-13(9-14)5-7-18(15)23(2,20)21/h3-4,6,8-9,11H,5,7,10H2,1-2H3. The molecule has 0 unspecified atom stereocenters. The van der Waals surface area contributed by atoms with E-state index in [4.69, 9.17) is 0 Å². The van der Waals surface area contributed by atoms with Gasteiger partial charge >= 0.3 is 0 Å². The van der Waals surface area contributed by atoms with E-state index in [0.29, 0.717) is 30.8 Å². The largest absolute Gasteiger partial charge is 0.337 e. The maximum atomic E-state index is 12.5. The van der Waals surface area contributed by atoms with Crippen molar-refractivity contribution in [2.45, 2.75) is 13.0 Å². The molecule has 1 aromatic heterocycles. The second-order valence-corrected chi connectivity index (χ2v) is 8.41. The van der Waals surface area contributed by atoms with Gasteiger partial charge in [-0.05, 0) is 52.6 Å². The molecule has 0 radical (unpaired) electrons. The SMILES string of the molecule is CN(Cc1ccsc1)C(=O)c1ccc2c(c1)CCN2S(C)(=O)=O. The number of nitrogens with zero attached hydrogens (tertiary/aromatic N) is 2. The molecular weight excluding hydrogens is 332 g/mol. The van der Waals surface area contributed by atoms with E-state index in [9.17, 15) is 13.2 Å². The zero-order valence-corrected chi connectivity index (χ0v) is 14.7. The quantitative estimate of drug-likeness (QED) is 0.850. The summed E-state index contributed by atoms with van der Waals surface area (Å²) in [6.07, 6.45) is 1.84. The number of hydrogen-bond donors (Lipinski definition) is 0. The molecule has 0 saturated heterocycles. The van der Waals surface area contributed by atoms with E-state index in [2.05, 4.69) is 0 Å². The number of thiophene rings is 1. The Kier molecular flexibility index (Phi) is 4.16. The number of amides is 1. The van der Waals surface area contributed by atoms with Crippen molar-refractivity contribution in [1.29, 1.82) is 0 Å². The number of hydrogen-bond acceptors (Lipinski definition) is 4. The fourth-order valence-corrected chi connectivity index (χ4v) is 4.42. The van der Waals surface area contributed by atoms with Crippen LogP contribution in [0.3, 0.4) is 0 Å². The van der Waals surface area contributed by atoms with Crippen molar-refractivity contribution in [2.75, 3.05) is 24.2 Å². The highest BCUT2D eigenvalue weighted by Gasteiger charge is 2.27. The molecule has 0 spiro atoms. The molecule has 0 N–H and O–H groups in total. The minimum absolute atomic E-state index is 0.0585. The number of carbonyl (C=O) groups excluding carboxylic acids is 1. The molecule has 3 rings (SSSR count). The zero-order valence-electron chi connectivity index (χ0n) is 13.0. The third-order valence-electron chi connectivity index (χ3n) is 3.93. The second-order valence-electron chi connectivity index (χ2n) is 5.72. The fraction of sp³-hybridized carbons (Fsp3) is 0.312. The molecule has 1 amide bonds. The molecule has 1 aromatic carbocycles. The highest BCUT2D eigenvalue weighted by Crippen LogP contribution is 2.31. The van der Waals surface area contributed by atoms with Crippen LogP contribution in [0.15, 0.2) is 35.0 Å². The van der Waals surface area contributed by atoms with Crippen LogP contribution in [0.25, 0.3) is 0 Å². The summed E-state index contributed by atoms with van der Waals surface area (Å²) in [6.45, 7) is 1.01. The number of sulfonamides is 1. The highest BCUT2D eigenvalue weighted by atomic mass is 32.2. The second kappa shape index (κ2) is 5.98. The van der Waals surface area contributed by atoms with Gasteiger partial charge in [0.25, 0.3) is 5.91 Å². The summed E-state index contributed by atoms with van der Waals surface area (Å²) in [7, 11) is -1.49. The van der Waals surface area contributed by atoms with Gasteiger partial charge in [0.2, 0.25) is 10.0 Å². The molecule has 0 atom stereocenters. The summed E-state index contributed by atoms with van der Waals surface area (Å²) in [5.74, 6) is -0.0585. The Labute approximate surface area is 140 Å². The van der Waals surface area contributed by atoms with Gasteiger partial charge in [-0.25, -0.2) is 8.42 Å². The first-order valence-corrected chi connectivity index (χ1v) is 10.0. The third kappa shape index (κ3) is 3.25. The minimum Gasteiger partial charge on any atom is -0.337 e. The predicted molar refractivity (Wildman–Crippen MR) is 92.5 cm³/mol. The molecule has 1 aliphatic heterocycles. The number of rotatable bonds is 4. The smallest absolute Gasteiger partial charge is 0.253 e. The Hall–Kier alpha value is -1.86. The molecule has 1 aliphatic rings. The molecule has 0 fully saturated rings. The average molecular weight is 350 g/mol. The Balaban J connectivity index is 1.81. The normalized spacial score (nSPS) is 13.9. The monoisotopic (exact) mass is 350 g/mol. The van der Waals surface area contributed by atoms with Crippen molar-refractivity contribution < 1.29 is 13.2 Å². The van der Waals surface area contributed by atoms with Gasteiger partial charge in [-0.1, -0.05) is 0 Å². The van der Waals surface area contributed by atoms with Gasteiger partial charge in [0.15, 0.2) is 0 Å². The lowest BCUT2D eigenvalue weighted by atomic mass is 10.1. The van der Waals surface area contributed by atoms with Crippen molar-refractivity contribution in [3.05, 3.63) is 51.7 Å². The Bertz CT molecular complexity index is 829. The van der Waals surface area contributed by atoms with E-state index in [1.165, 1.54) is 10.6 Å². The van der Waals surface area contributed by atoms with Crippen LogP contribution >= 0.6 is 11.3 Å². The van der Waals surface area contributed by atoms with Crippen LogP contribution in [-0.4, -0.2) is 39.1 Å². The predicted octanol–water partition coefficient (Wildman–Crippen LogP) is 2.34. The summed E-state index contributed by atoms with van der Waals surface area (Å²) in [5, 5.41) is 4.01. The van der Waals surface area contributed by atoms with Crippen molar-refractivity contribution in [2.24, 2.45) is 0 Å². The molecule has 0 aliphatic carbocycles. The summed E-state index contributed by atoms with van der Waals surface area (Å²) >= 11 is 1.61. The summed E-state index contributed by atoms with van der Waals surface area (Å²) in [5.41, 5.74) is 3.29. The van der Waals surface area contributed by atoms with Gasteiger partial charge in [0.05, 0.1) is 11.9 Å². The minimum atomic E-state index is -3.26. The van der Waals surface area contributed by atoms with Crippen molar-refractivity contribution in [3.63, 3.8) is 0 Å². The Morgan fingerprint density at radius 2 is 2.13 bits per heavy atom. The molecular formula is C16H18N2O3S2. The van der Waals surface area contributed by atoms with Crippen LogP contribution < -0.4 is 4.31 Å². The van der Waals surface area contributed by atoms with Crippen LogP contribution in [0.4, 0.5) is 5.69 Å². The zero-order chi connectivity index (χ0) is 16.6. The van der Waals surface area contributed by atoms with Gasteiger partial charge in [-0.2, -0.15) is 11.3 Å².